The number of carbonyl (C=O) groups excluding carboxylic acids is 1. The Morgan fingerprint density at radius 2 is 1.57 bits per heavy atom. The highest BCUT2D eigenvalue weighted by molar-refractivity contribution is 5.89. The van der Waals surface area contributed by atoms with Crippen molar-refractivity contribution in [3.63, 3.8) is 0 Å². The molecule has 35 heavy (non-hydrogen) atoms. The molecule has 3 aromatic carbocycles. The quantitative estimate of drug-likeness (QED) is 0.555. The van der Waals surface area contributed by atoms with Crippen LogP contribution in [0.15, 0.2) is 66.7 Å². The van der Waals surface area contributed by atoms with E-state index in [2.05, 4.69) is 10.2 Å². The molecule has 1 fully saturated rings. The van der Waals surface area contributed by atoms with Crippen LogP contribution in [-0.2, 0) is 9.53 Å². The Balaban J connectivity index is 1.42. The van der Waals surface area contributed by atoms with Gasteiger partial charge in [-0.15, -0.1) is 0 Å². The number of rotatable bonds is 7. The highest BCUT2D eigenvalue weighted by Gasteiger charge is 2.33. The van der Waals surface area contributed by atoms with Gasteiger partial charge in [-0.2, -0.15) is 0 Å². The number of nitrogens with zero attached hydrogens (tertiary/aromatic N) is 1. The van der Waals surface area contributed by atoms with Crippen LogP contribution in [0.4, 0.5) is 0 Å². The molecule has 5 rings (SSSR count). The number of ether oxygens (including phenoxy) is 4. The van der Waals surface area contributed by atoms with Crippen LogP contribution in [-0.4, -0.2) is 57.9 Å². The summed E-state index contributed by atoms with van der Waals surface area (Å²) in [5.41, 5.74) is 2.80. The average Bonchev–Trinajstić information content (AvgIpc) is 2.92. The van der Waals surface area contributed by atoms with Crippen LogP contribution in [0.3, 0.4) is 0 Å². The first kappa shape index (κ1) is 23.2. The Hall–Kier alpha value is -3.55. The summed E-state index contributed by atoms with van der Waals surface area (Å²) < 4.78 is 22.6. The molecule has 0 radical (unpaired) electrons. The lowest BCUT2D eigenvalue weighted by atomic mass is 9.87. The molecule has 182 valence electrons. The van der Waals surface area contributed by atoms with E-state index in [0.29, 0.717) is 31.3 Å². The monoisotopic (exact) mass is 474 g/mol. The fourth-order valence-corrected chi connectivity index (χ4v) is 4.90. The van der Waals surface area contributed by atoms with Gasteiger partial charge in [0, 0.05) is 30.8 Å². The van der Waals surface area contributed by atoms with E-state index >= 15 is 0 Å². The molecular weight excluding hydrogens is 444 g/mol. The third kappa shape index (κ3) is 4.70. The van der Waals surface area contributed by atoms with Crippen LogP contribution in [0, 0.1) is 0 Å². The standard InChI is InChI=1S/C28H30N2O5/c1-32-25-12-11-19(17-26(25)33-2)22(30-13-15-34-16-14-30)18-29-28(31)27-20-7-3-5-9-23(20)35-24-10-6-4-8-21(24)27/h3-12,17,22,27H,13-16,18H2,1-2H3,(H,29,31). The number of nitrogens with one attached hydrogen (secondary N) is 1. The summed E-state index contributed by atoms with van der Waals surface area (Å²) in [5.74, 6) is 2.30. The second-order valence-electron chi connectivity index (χ2n) is 8.63. The van der Waals surface area contributed by atoms with E-state index in [1.165, 1.54) is 0 Å². The number of morpholine rings is 1. The van der Waals surface area contributed by atoms with Crippen molar-refractivity contribution in [2.24, 2.45) is 0 Å². The fraction of sp³-hybridized carbons (Fsp3) is 0.321. The zero-order valence-electron chi connectivity index (χ0n) is 20.0. The smallest absolute Gasteiger partial charge is 0.232 e. The summed E-state index contributed by atoms with van der Waals surface area (Å²) in [5, 5.41) is 3.25. The summed E-state index contributed by atoms with van der Waals surface area (Å²) in [6.07, 6.45) is 0. The summed E-state index contributed by atoms with van der Waals surface area (Å²) in [7, 11) is 3.26. The maximum atomic E-state index is 13.7. The maximum Gasteiger partial charge on any atom is 0.232 e. The van der Waals surface area contributed by atoms with Crippen LogP contribution in [0.2, 0.25) is 0 Å². The average molecular weight is 475 g/mol. The fourth-order valence-electron chi connectivity index (χ4n) is 4.90. The number of hydrogen-bond acceptors (Lipinski definition) is 6. The predicted molar refractivity (Wildman–Crippen MR) is 132 cm³/mol. The highest BCUT2D eigenvalue weighted by Crippen LogP contribution is 2.44. The van der Waals surface area contributed by atoms with Crippen LogP contribution in [0.5, 0.6) is 23.0 Å². The Kier molecular flexibility index (Phi) is 6.88. The second-order valence-corrected chi connectivity index (χ2v) is 8.63. The minimum absolute atomic E-state index is 0.0343. The molecule has 0 bridgehead atoms. The van der Waals surface area contributed by atoms with Crippen molar-refractivity contribution in [2.45, 2.75) is 12.0 Å². The zero-order valence-corrected chi connectivity index (χ0v) is 20.0. The second kappa shape index (κ2) is 10.4. The molecule has 1 amide bonds. The molecule has 0 saturated carbocycles. The Labute approximate surface area is 205 Å². The van der Waals surface area contributed by atoms with Crippen molar-refractivity contribution >= 4 is 5.91 Å². The molecule has 1 N–H and O–H groups in total. The molecule has 0 aliphatic carbocycles. The van der Waals surface area contributed by atoms with Crippen LogP contribution < -0.4 is 19.5 Å². The van der Waals surface area contributed by atoms with Gasteiger partial charge in [-0.1, -0.05) is 42.5 Å². The zero-order chi connectivity index (χ0) is 24.2. The Morgan fingerprint density at radius 1 is 0.943 bits per heavy atom. The number of fused-ring (bicyclic) bond motifs is 2. The minimum atomic E-state index is -0.438. The van der Waals surface area contributed by atoms with Crippen molar-refractivity contribution in [1.29, 1.82) is 0 Å². The number of hydrogen-bond donors (Lipinski definition) is 1. The van der Waals surface area contributed by atoms with E-state index in [1.807, 2.05) is 66.7 Å². The summed E-state index contributed by atoms with van der Waals surface area (Å²) in [6, 6.07) is 21.4. The van der Waals surface area contributed by atoms with Crippen molar-refractivity contribution in [3.8, 4) is 23.0 Å². The molecule has 3 aromatic rings. The van der Waals surface area contributed by atoms with Crippen molar-refractivity contribution in [1.82, 2.24) is 10.2 Å². The van der Waals surface area contributed by atoms with Crippen molar-refractivity contribution in [3.05, 3.63) is 83.4 Å². The molecule has 7 heteroatoms. The first-order valence-corrected chi connectivity index (χ1v) is 11.9. The molecule has 0 aromatic heterocycles. The first-order chi connectivity index (χ1) is 17.2. The number of methoxy groups -OCH3 is 2. The lowest BCUT2D eigenvalue weighted by Crippen LogP contribution is -2.44. The highest BCUT2D eigenvalue weighted by atomic mass is 16.5. The molecule has 2 aliphatic rings. The lowest BCUT2D eigenvalue weighted by Gasteiger charge is -2.35. The van der Waals surface area contributed by atoms with Gasteiger partial charge in [0.05, 0.1) is 39.4 Å². The number of benzene rings is 3. The third-order valence-electron chi connectivity index (χ3n) is 6.69. The molecule has 7 nitrogen and oxygen atoms in total. The molecular formula is C28H30N2O5. The predicted octanol–water partition coefficient (Wildman–Crippen LogP) is 4.13. The van der Waals surface area contributed by atoms with Gasteiger partial charge < -0.3 is 24.3 Å². The van der Waals surface area contributed by atoms with Gasteiger partial charge in [-0.05, 0) is 29.8 Å². The molecule has 2 aliphatic heterocycles. The van der Waals surface area contributed by atoms with Crippen LogP contribution in [0.25, 0.3) is 0 Å². The topological polar surface area (TPSA) is 69.3 Å². The van der Waals surface area contributed by atoms with E-state index in [4.69, 9.17) is 18.9 Å². The van der Waals surface area contributed by atoms with E-state index in [-0.39, 0.29) is 11.9 Å². The van der Waals surface area contributed by atoms with E-state index < -0.39 is 5.92 Å². The normalized spacial score (nSPS) is 16.4. The maximum absolute atomic E-state index is 13.7. The number of carbonyl (C=O) groups is 1. The molecule has 1 unspecified atom stereocenters. The van der Waals surface area contributed by atoms with Gasteiger partial charge in [0.15, 0.2) is 11.5 Å². The minimum Gasteiger partial charge on any atom is -0.493 e. The van der Waals surface area contributed by atoms with Gasteiger partial charge >= 0.3 is 0 Å². The largest absolute Gasteiger partial charge is 0.493 e. The molecule has 1 atom stereocenters. The van der Waals surface area contributed by atoms with Crippen LogP contribution >= 0.6 is 0 Å². The Morgan fingerprint density at radius 3 is 2.20 bits per heavy atom. The third-order valence-corrected chi connectivity index (χ3v) is 6.69. The first-order valence-electron chi connectivity index (χ1n) is 11.9. The Bertz CT molecular complexity index is 1150. The SMILES string of the molecule is COc1ccc(C(CNC(=O)C2c3ccccc3Oc3ccccc32)N2CCOCC2)cc1OC. The molecule has 1 saturated heterocycles. The van der Waals surface area contributed by atoms with Gasteiger partial charge in [-0.3, -0.25) is 9.69 Å². The summed E-state index contributed by atoms with van der Waals surface area (Å²) in [6.45, 7) is 3.36. The summed E-state index contributed by atoms with van der Waals surface area (Å²) >= 11 is 0. The number of para-hydroxylation sites is 2. The van der Waals surface area contributed by atoms with Gasteiger partial charge in [-0.25, -0.2) is 0 Å². The van der Waals surface area contributed by atoms with Crippen LogP contribution in [0.1, 0.15) is 28.7 Å². The molecule has 2 heterocycles. The lowest BCUT2D eigenvalue weighted by molar-refractivity contribution is -0.122. The molecule has 0 spiro atoms. The van der Waals surface area contributed by atoms with Gasteiger partial charge in [0.25, 0.3) is 0 Å². The van der Waals surface area contributed by atoms with Crippen molar-refractivity contribution < 1.29 is 23.7 Å². The number of amides is 1. The summed E-state index contributed by atoms with van der Waals surface area (Å²) in [4.78, 5) is 16.1. The van der Waals surface area contributed by atoms with Crippen molar-refractivity contribution in [2.75, 3.05) is 47.1 Å². The van der Waals surface area contributed by atoms with Gasteiger partial charge in [0.1, 0.15) is 11.5 Å². The van der Waals surface area contributed by atoms with E-state index in [9.17, 15) is 4.79 Å². The van der Waals surface area contributed by atoms with Gasteiger partial charge in [0.2, 0.25) is 5.91 Å². The van der Waals surface area contributed by atoms with E-state index in [0.717, 1.165) is 41.3 Å². The van der Waals surface area contributed by atoms with E-state index in [1.54, 1.807) is 14.2 Å².